The predicted octanol–water partition coefficient (Wildman–Crippen LogP) is 4.18. The van der Waals surface area contributed by atoms with E-state index in [0.717, 1.165) is 15.9 Å². The van der Waals surface area contributed by atoms with Gasteiger partial charge in [-0.2, -0.15) is 0 Å². The van der Waals surface area contributed by atoms with Crippen LogP contribution in [0.4, 0.5) is 4.79 Å². The number of hydrogen-bond donors (Lipinski definition) is 0. The molecule has 23 heavy (non-hydrogen) atoms. The van der Waals surface area contributed by atoms with Crippen LogP contribution in [0.3, 0.4) is 0 Å². The van der Waals surface area contributed by atoms with Crippen LogP contribution in [0, 0.1) is 0 Å². The summed E-state index contributed by atoms with van der Waals surface area (Å²) in [5, 5.41) is 2.39. The maximum absolute atomic E-state index is 13.2. The van der Waals surface area contributed by atoms with Gasteiger partial charge in [-0.05, 0) is 0 Å². The molecule has 0 amide bonds. The second-order valence-corrected chi connectivity index (χ2v) is 11.4. The molecule has 0 saturated heterocycles. The van der Waals surface area contributed by atoms with Gasteiger partial charge in [0, 0.05) is 0 Å². The molecule has 3 aromatic rings. The molecule has 0 saturated carbocycles. The first-order valence-electron chi connectivity index (χ1n) is 7.32. The summed E-state index contributed by atoms with van der Waals surface area (Å²) in [4.78, 5) is 13.2. The second kappa shape index (κ2) is 4.92. The third-order valence-electron chi connectivity index (χ3n) is 4.34. The van der Waals surface area contributed by atoms with Crippen molar-refractivity contribution in [3.05, 3.63) is 84.9 Å². The van der Waals surface area contributed by atoms with Gasteiger partial charge in [0.15, 0.2) is 0 Å². The summed E-state index contributed by atoms with van der Waals surface area (Å²) in [6.07, 6.45) is 0. The van der Waals surface area contributed by atoms with Crippen molar-refractivity contribution in [2.24, 2.45) is 0 Å². The number of para-hydroxylation sites is 1. The van der Waals surface area contributed by atoms with E-state index in [9.17, 15) is 4.79 Å². The van der Waals surface area contributed by atoms with Crippen LogP contribution >= 0.6 is 17.2 Å². The standard InChI is InChI=1S/C19H14ClO2P/c20-23(15-9-3-1-4-10-15,16-11-5-2-6-12-16)18-14-8-7-13-17(18)22-19(23)21/h1-14H. The van der Waals surface area contributed by atoms with Crippen LogP contribution in [-0.2, 0) is 0 Å². The van der Waals surface area contributed by atoms with Gasteiger partial charge in [-0.25, -0.2) is 0 Å². The number of carbonyl (C=O) groups excluding carboxylic acids is 1. The summed E-state index contributed by atoms with van der Waals surface area (Å²) in [7, 11) is 0. The summed E-state index contributed by atoms with van der Waals surface area (Å²) in [5.74, 6) is -3.25. The molecular formula is C19H14ClO2P. The van der Waals surface area contributed by atoms with Gasteiger partial charge in [0.05, 0.1) is 0 Å². The Labute approximate surface area is 139 Å². The molecule has 2 nitrogen and oxygen atoms in total. The van der Waals surface area contributed by atoms with Crippen LogP contribution in [-0.4, -0.2) is 5.71 Å². The summed E-state index contributed by atoms with van der Waals surface area (Å²) in [6, 6.07) is 26.6. The van der Waals surface area contributed by atoms with E-state index in [2.05, 4.69) is 0 Å². The van der Waals surface area contributed by atoms with Crippen molar-refractivity contribution in [2.75, 3.05) is 0 Å². The minimum atomic E-state index is -3.81. The fraction of sp³-hybridized carbons (Fsp3) is 0. The van der Waals surface area contributed by atoms with E-state index < -0.39 is 5.96 Å². The van der Waals surface area contributed by atoms with Crippen LogP contribution < -0.4 is 20.7 Å². The van der Waals surface area contributed by atoms with Crippen molar-refractivity contribution >= 4 is 38.8 Å². The Morgan fingerprint density at radius 3 is 1.74 bits per heavy atom. The van der Waals surface area contributed by atoms with E-state index in [-0.39, 0.29) is 5.71 Å². The molecule has 1 aliphatic rings. The molecule has 3 aromatic carbocycles. The number of rotatable bonds is 2. The van der Waals surface area contributed by atoms with Crippen molar-refractivity contribution in [3.8, 4) is 5.75 Å². The molecule has 0 atom stereocenters. The molecule has 4 rings (SSSR count). The number of hydrogen-bond acceptors (Lipinski definition) is 2. The van der Waals surface area contributed by atoms with Gasteiger partial charge in [0.25, 0.3) is 0 Å². The first kappa shape index (κ1) is 14.4. The zero-order valence-corrected chi connectivity index (χ0v) is 13.9. The van der Waals surface area contributed by atoms with Gasteiger partial charge in [-0.3, -0.25) is 0 Å². The Kier molecular flexibility index (Phi) is 3.09. The van der Waals surface area contributed by atoms with Gasteiger partial charge in [0.2, 0.25) is 0 Å². The molecule has 1 aliphatic heterocycles. The van der Waals surface area contributed by atoms with E-state index in [1.165, 1.54) is 0 Å². The molecule has 0 unspecified atom stereocenters. The number of ether oxygens (including phenoxy) is 1. The van der Waals surface area contributed by atoms with E-state index in [0.29, 0.717) is 5.75 Å². The van der Waals surface area contributed by atoms with Crippen molar-refractivity contribution in [1.29, 1.82) is 0 Å². The molecule has 0 bridgehead atoms. The fourth-order valence-electron chi connectivity index (χ4n) is 3.22. The maximum atomic E-state index is 13.2. The van der Waals surface area contributed by atoms with Crippen LogP contribution in [0.15, 0.2) is 84.9 Å². The Morgan fingerprint density at radius 2 is 1.17 bits per heavy atom. The molecule has 0 fully saturated rings. The Morgan fingerprint density at radius 1 is 0.696 bits per heavy atom. The molecule has 4 heteroatoms. The molecular weight excluding hydrogens is 327 g/mol. The van der Waals surface area contributed by atoms with Crippen LogP contribution in [0.5, 0.6) is 5.75 Å². The van der Waals surface area contributed by atoms with E-state index in [4.69, 9.17) is 16.0 Å². The normalized spacial score (nSPS) is 19.2. The zero-order chi connectivity index (χ0) is 15.9. The molecule has 0 aliphatic carbocycles. The molecule has 1 heterocycles. The van der Waals surface area contributed by atoms with E-state index >= 15 is 0 Å². The van der Waals surface area contributed by atoms with Crippen molar-refractivity contribution < 1.29 is 9.53 Å². The first-order chi connectivity index (χ1) is 11.2. The Hall–Kier alpha value is -2.15. The van der Waals surface area contributed by atoms with Gasteiger partial charge < -0.3 is 0 Å². The van der Waals surface area contributed by atoms with Crippen molar-refractivity contribution in [1.82, 2.24) is 0 Å². The first-order valence-corrected chi connectivity index (χ1v) is 10.5. The summed E-state index contributed by atoms with van der Waals surface area (Å²) < 4.78 is 5.62. The Bertz CT molecular complexity index is 854. The summed E-state index contributed by atoms with van der Waals surface area (Å²) >= 11 is 7.42. The number of fused-ring (bicyclic) bond motifs is 1. The molecule has 0 N–H and O–H groups in total. The second-order valence-electron chi connectivity index (χ2n) is 5.52. The average Bonchev–Trinajstić information content (AvgIpc) is 2.87. The monoisotopic (exact) mass is 340 g/mol. The SMILES string of the molecule is O=C1Oc2ccccc2P1(Cl)(c1ccccc1)c1ccccc1. The number of carbonyl (C=O) groups is 1. The number of halogens is 1. The number of benzene rings is 3. The van der Waals surface area contributed by atoms with Crippen LogP contribution in [0.2, 0.25) is 0 Å². The molecule has 114 valence electrons. The van der Waals surface area contributed by atoms with Gasteiger partial charge in [-0.1, -0.05) is 0 Å². The van der Waals surface area contributed by atoms with Gasteiger partial charge >= 0.3 is 139 Å². The molecule has 0 spiro atoms. The summed E-state index contributed by atoms with van der Waals surface area (Å²) in [5.41, 5.74) is -0.365. The van der Waals surface area contributed by atoms with Gasteiger partial charge in [0.1, 0.15) is 0 Å². The van der Waals surface area contributed by atoms with Crippen molar-refractivity contribution in [2.45, 2.75) is 0 Å². The zero-order valence-electron chi connectivity index (χ0n) is 12.2. The molecule has 0 aromatic heterocycles. The minimum absolute atomic E-state index is 0.365. The average molecular weight is 341 g/mol. The predicted molar refractivity (Wildman–Crippen MR) is 97.0 cm³/mol. The molecule has 0 radical (unpaired) electrons. The third kappa shape index (κ3) is 1.71. The van der Waals surface area contributed by atoms with Crippen LogP contribution in [0.25, 0.3) is 0 Å². The van der Waals surface area contributed by atoms with E-state index in [1.807, 2.05) is 78.9 Å². The van der Waals surface area contributed by atoms with Crippen LogP contribution in [0.1, 0.15) is 0 Å². The summed E-state index contributed by atoms with van der Waals surface area (Å²) in [6.45, 7) is 0. The third-order valence-corrected chi connectivity index (χ3v) is 11.1. The Balaban J connectivity index is 2.19. The topological polar surface area (TPSA) is 26.3 Å². The van der Waals surface area contributed by atoms with Gasteiger partial charge in [-0.15, -0.1) is 0 Å². The van der Waals surface area contributed by atoms with Crippen molar-refractivity contribution in [3.63, 3.8) is 0 Å². The van der Waals surface area contributed by atoms with E-state index in [1.54, 1.807) is 6.07 Å². The quantitative estimate of drug-likeness (QED) is 0.654. The fourth-order valence-corrected chi connectivity index (χ4v) is 8.53.